The molecule has 0 atom stereocenters. The largest absolute Gasteiger partial charge is 0.459 e. The first-order valence-corrected chi connectivity index (χ1v) is 8.95. The van der Waals surface area contributed by atoms with Crippen LogP contribution in [0.15, 0.2) is 24.3 Å². The molecule has 0 spiro atoms. The zero-order valence-corrected chi connectivity index (χ0v) is 17.1. The molecule has 0 saturated heterocycles. The topological polar surface area (TPSA) is 52.6 Å². The SMILES string of the molecule is C[N+](C)(C)CCOC(=O)Cc1ccc(CC(=O)OCC[N+](C)(C)C)cc1. The van der Waals surface area contributed by atoms with Crippen LogP contribution in [-0.2, 0) is 31.9 Å². The Morgan fingerprint density at radius 3 is 1.27 bits per heavy atom. The van der Waals surface area contributed by atoms with Gasteiger partial charge in [0, 0.05) is 0 Å². The van der Waals surface area contributed by atoms with E-state index in [1.165, 1.54) is 0 Å². The van der Waals surface area contributed by atoms with E-state index < -0.39 is 0 Å². The molecule has 0 amide bonds. The van der Waals surface area contributed by atoms with Crippen molar-refractivity contribution in [3.63, 3.8) is 0 Å². The number of rotatable bonds is 10. The molecule has 0 radical (unpaired) electrons. The van der Waals surface area contributed by atoms with Crippen LogP contribution >= 0.6 is 0 Å². The van der Waals surface area contributed by atoms with Gasteiger partial charge in [-0.25, -0.2) is 0 Å². The highest BCUT2D eigenvalue weighted by atomic mass is 16.5. The monoisotopic (exact) mass is 366 g/mol. The van der Waals surface area contributed by atoms with E-state index in [4.69, 9.17) is 9.47 Å². The summed E-state index contributed by atoms with van der Waals surface area (Å²) in [5.41, 5.74) is 1.75. The average Bonchev–Trinajstić information content (AvgIpc) is 2.46. The second kappa shape index (κ2) is 9.69. The highest BCUT2D eigenvalue weighted by Gasteiger charge is 2.12. The highest BCUT2D eigenvalue weighted by molar-refractivity contribution is 5.73. The zero-order valence-electron chi connectivity index (χ0n) is 17.1. The molecule has 0 aliphatic carbocycles. The highest BCUT2D eigenvalue weighted by Crippen LogP contribution is 2.08. The van der Waals surface area contributed by atoms with Crippen molar-refractivity contribution in [3.05, 3.63) is 35.4 Å². The fraction of sp³-hybridized carbons (Fsp3) is 0.600. The molecule has 0 heterocycles. The Bertz CT molecular complexity index is 530. The molecule has 6 nitrogen and oxygen atoms in total. The quantitative estimate of drug-likeness (QED) is 0.462. The smallest absolute Gasteiger partial charge is 0.310 e. The van der Waals surface area contributed by atoms with Crippen LogP contribution in [0, 0.1) is 0 Å². The predicted octanol–water partition coefficient (Wildman–Crippen LogP) is 1.27. The summed E-state index contributed by atoms with van der Waals surface area (Å²) in [5.74, 6) is -0.461. The van der Waals surface area contributed by atoms with Crippen molar-refractivity contribution in [1.29, 1.82) is 0 Å². The predicted molar refractivity (Wildman–Crippen MR) is 102 cm³/mol. The summed E-state index contributed by atoms with van der Waals surface area (Å²) >= 11 is 0. The number of esters is 2. The van der Waals surface area contributed by atoms with Crippen LogP contribution in [0.3, 0.4) is 0 Å². The van der Waals surface area contributed by atoms with E-state index in [1.54, 1.807) is 0 Å². The number of ether oxygens (including phenoxy) is 2. The number of benzene rings is 1. The maximum Gasteiger partial charge on any atom is 0.310 e. The van der Waals surface area contributed by atoms with Crippen molar-refractivity contribution in [2.75, 3.05) is 68.6 Å². The van der Waals surface area contributed by atoms with Gasteiger partial charge in [-0.3, -0.25) is 9.59 Å². The van der Waals surface area contributed by atoms with E-state index >= 15 is 0 Å². The van der Waals surface area contributed by atoms with Gasteiger partial charge in [-0.15, -0.1) is 0 Å². The molecule has 1 aromatic rings. The molecule has 0 unspecified atom stereocenters. The van der Waals surface area contributed by atoms with Gasteiger partial charge < -0.3 is 18.4 Å². The first kappa shape index (κ1) is 22.1. The Labute approximate surface area is 157 Å². The van der Waals surface area contributed by atoms with Gasteiger partial charge in [0.2, 0.25) is 0 Å². The number of quaternary nitrogens is 2. The standard InChI is InChI=1S/C20H34N2O4/c1-21(2,3)11-13-25-19(23)15-17-7-9-18(10-8-17)16-20(24)26-14-12-22(4,5)6/h7-10H,11-16H2,1-6H3/q+2. The fourth-order valence-electron chi connectivity index (χ4n) is 2.08. The van der Waals surface area contributed by atoms with Gasteiger partial charge in [-0.05, 0) is 11.1 Å². The second-order valence-corrected chi connectivity index (χ2v) is 8.64. The van der Waals surface area contributed by atoms with E-state index in [2.05, 4.69) is 42.3 Å². The lowest BCUT2D eigenvalue weighted by Gasteiger charge is -2.23. The minimum atomic E-state index is -0.231. The summed E-state index contributed by atoms with van der Waals surface area (Å²) in [7, 11) is 12.3. The van der Waals surface area contributed by atoms with E-state index in [0.29, 0.717) is 13.2 Å². The van der Waals surface area contributed by atoms with Crippen LogP contribution < -0.4 is 0 Å². The van der Waals surface area contributed by atoms with Gasteiger partial charge >= 0.3 is 11.9 Å². The Morgan fingerprint density at radius 1 is 0.692 bits per heavy atom. The van der Waals surface area contributed by atoms with Crippen LogP contribution in [-0.4, -0.2) is 89.5 Å². The van der Waals surface area contributed by atoms with Crippen molar-refractivity contribution in [2.45, 2.75) is 12.8 Å². The zero-order chi connectivity index (χ0) is 19.8. The molecule has 26 heavy (non-hydrogen) atoms. The number of hydrogen-bond acceptors (Lipinski definition) is 4. The summed E-state index contributed by atoms with van der Waals surface area (Å²) in [6.45, 7) is 2.39. The minimum Gasteiger partial charge on any atom is -0.459 e. The van der Waals surface area contributed by atoms with E-state index in [1.807, 2.05) is 24.3 Å². The van der Waals surface area contributed by atoms with Crippen LogP contribution in [0.1, 0.15) is 11.1 Å². The van der Waals surface area contributed by atoms with Crippen molar-refractivity contribution in [3.8, 4) is 0 Å². The third-order valence-electron chi connectivity index (χ3n) is 3.77. The molecule has 1 aromatic carbocycles. The number of nitrogens with zero attached hydrogens (tertiary/aromatic N) is 2. The van der Waals surface area contributed by atoms with Crippen LogP contribution in [0.5, 0.6) is 0 Å². The van der Waals surface area contributed by atoms with Gasteiger partial charge in [-0.2, -0.15) is 0 Å². The second-order valence-electron chi connectivity index (χ2n) is 8.64. The lowest BCUT2D eigenvalue weighted by molar-refractivity contribution is -0.870. The average molecular weight is 367 g/mol. The molecule has 0 fully saturated rings. The summed E-state index contributed by atoms with van der Waals surface area (Å²) < 4.78 is 12.0. The van der Waals surface area contributed by atoms with Crippen molar-refractivity contribution in [1.82, 2.24) is 0 Å². The molecule has 0 aliphatic heterocycles. The molecule has 0 aromatic heterocycles. The molecule has 0 saturated carbocycles. The normalized spacial score (nSPS) is 11.9. The third kappa shape index (κ3) is 10.8. The molecule has 146 valence electrons. The Hall–Kier alpha value is -1.92. The molecule has 1 rings (SSSR count). The molecular formula is C20H34N2O4+2. The van der Waals surface area contributed by atoms with Gasteiger partial charge in [0.15, 0.2) is 0 Å². The summed E-state index contributed by atoms with van der Waals surface area (Å²) in [6.07, 6.45) is 0.483. The van der Waals surface area contributed by atoms with Crippen molar-refractivity contribution >= 4 is 11.9 Å². The Balaban J connectivity index is 2.36. The van der Waals surface area contributed by atoms with Crippen LogP contribution in [0.4, 0.5) is 0 Å². The van der Waals surface area contributed by atoms with Gasteiger partial charge in [0.05, 0.1) is 55.1 Å². The first-order valence-electron chi connectivity index (χ1n) is 8.95. The third-order valence-corrected chi connectivity index (χ3v) is 3.77. The maximum absolute atomic E-state index is 11.9. The number of carbonyl (C=O) groups excluding carboxylic acids is 2. The fourth-order valence-corrected chi connectivity index (χ4v) is 2.08. The van der Waals surface area contributed by atoms with E-state index in [0.717, 1.165) is 33.2 Å². The number of carbonyl (C=O) groups is 2. The first-order chi connectivity index (χ1) is 11.9. The Morgan fingerprint density at radius 2 is 1.00 bits per heavy atom. The van der Waals surface area contributed by atoms with Crippen LogP contribution in [0.25, 0.3) is 0 Å². The number of likely N-dealkylation sites (N-methyl/N-ethyl adjacent to an activating group) is 2. The van der Waals surface area contributed by atoms with Crippen LogP contribution in [0.2, 0.25) is 0 Å². The lowest BCUT2D eigenvalue weighted by Crippen LogP contribution is -2.38. The molecule has 6 heteroatoms. The van der Waals surface area contributed by atoms with Crippen molar-refractivity contribution < 1.29 is 28.0 Å². The number of hydrogen-bond donors (Lipinski definition) is 0. The molecular weight excluding hydrogens is 332 g/mol. The minimum absolute atomic E-state index is 0.231. The molecule has 0 aliphatic rings. The Kier molecular flexibility index (Phi) is 8.24. The molecule has 0 N–H and O–H groups in total. The maximum atomic E-state index is 11.9. The summed E-state index contributed by atoms with van der Waals surface area (Å²) in [5, 5.41) is 0. The summed E-state index contributed by atoms with van der Waals surface area (Å²) in [4.78, 5) is 23.7. The molecule has 0 bridgehead atoms. The van der Waals surface area contributed by atoms with E-state index in [-0.39, 0.29) is 24.8 Å². The van der Waals surface area contributed by atoms with Crippen molar-refractivity contribution in [2.24, 2.45) is 0 Å². The lowest BCUT2D eigenvalue weighted by atomic mass is 10.1. The summed E-state index contributed by atoms with van der Waals surface area (Å²) in [6, 6.07) is 7.43. The van der Waals surface area contributed by atoms with E-state index in [9.17, 15) is 9.59 Å². The van der Waals surface area contributed by atoms with Gasteiger partial charge in [0.25, 0.3) is 0 Å². The van der Waals surface area contributed by atoms with Gasteiger partial charge in [-0.1, -0.05) is 24.3 Å². The van der Waals surface area contributed by atoms with Gasteiger partial charge in [0.1, 0.15) is 26.3 Å².